The number of nitrogens with one attached hydrogen (secondary N) is 2. The molecule has 0 aliphatic carbocycles. The smallest absolute Gasteiger partial charge is 0.250 e. The number of carbonyl (C=O) groups excluding carboxylic acids is 3. The maximum absolute atomic E-state index is 12.4. The first-order valence-corrected chi connectivity index (χ1v) is 9.96. The normalized spacial score (nSPS) is 13.2. The molecule has 0 aliphatic rings. The van der Waals surface area contributed by atoms with Gasteiger partial charge in [0.15, 0.2) is 0 Å². The molecule has 0 saturated carbocycles. The van der Waals surface area contributed by atoms with Crippen molar-refractivity contribution in [3.8, 4) is 0 Å². The quantitative estimate of drug-likeness (QED) is 0.484. The molecule has 0 saturated heterocycles. The third kappa shape index (κ3) is 10.0. The number of likely N-dealkylation sites (N-methyl/N-ethyl adjacent to an activating group) is 1. The molecule has 3 amide bonds. The van der Waals surface area contributed by atoms with Crippen LogP contribution in [0.4, 0.5) is 0 Å². The Labute approximate surface area is 173 Å². The van der Waals surface area contributed by atoms with Crippen LogP contribution in [-0.2, 0) is 14.4 Å². The van der Waals surface area contributed by atoms with E-state index in [4.69, 9.17) is 5.73 Å². The molecule has 0 fully saturated rings. The molecule has 3 atom stereocenters. The second kappa shape index (κ2) is 14.5. The molecule has 0 spiro atoms. The van der Waals surface area contributed by atoms with Crippen LogP contribution < -0.4 is 16.4 Å². The van der Waals surface area contributed by atoms with Crippen LogP contribution >= 0.6 is 0 Å². The summed E-state index contributed by atoms with van der Waals surface area (Å²) in [5.41, 5.74) is 6.34. The van der Waals surface area contributed by atoms with E-state index in [0.29, 0.717) is 12.0 Å². The second-order valence-corrected chi connectivity index (χ2v) is 6.97. The zero-order chi connectivity index (χ0) is 22.4. The number of nitrogens with zero attached hydrogens (tertiary/aromatic N) is 1. The van der Waals surface area contributed by atoms with Crippen molar-refractivity contribution in [3.05, 3.63) is 35.9 Å². The largest absolute Gasteiger partial charge is 0.382 e. The highest BCUT2D eigenvalue weighted by molar-refractivity contribution is 5.91. The summed E-state index contributed by atoms with van der Waals surface area (Å²) in [6, 6.07) is 7.27. The topological polar surface area (TPSA) is 125 Å². The lowest BCUT2D eigenvalue weighted by molar-refractivity contribution is -0.135. The Balaban J connectivity index is 0.00000245. The molecule has 29 heavy (non-hydrogen) atoms. The molecular formula is C21H36N4O4. The number of hydrogen-bond acceptors (Lipinski definition) is 5. The van der Waals surface area contributed by atoms with E-state index in [1.54, 1.807) is 38.4 Å². The average Bonchev–Trinajstić information content (AvgIpc) is 2.70. The zero-order valence-electron chi connectivity index (χ0n) is 18.1. The number of hydrogen-bond donors (Lipinski definition) is 4. The lowest BCUT2D eigenvalue weighted by atomic mass is 10.1. The van der Waals surface area contributed by atoms with Gasteiger partial charge in [0.1, 0.15) is 12.1 Å². The van der Waals surface area contributed by atoms with Crippen LogP contribution in [0, 0.1) is 0 Å². The van der Waals surface area contributed by atoms with Gasteiger partial charge in [0.25, 0.3) is 5.91 Å². The summed E-state index contributed by atoms with van der Waals surface area (Å²) in [6.45, 7) is 5.78. The Morgan fingerprint density at radius 1 is 1.10 bits per heavy atom. The molecule has 8 nitrogen and oxygen atoms in total. The average molecular weight is 409 g/mol. The summed E-state index contributed by atoms with van der Waals surface area (Å²) in [5, 5.41) is 14.8. The molecule has 8 heteroatoms. The van der Waals surface area contributed by atoms with Crippen molar-refractivity contribution in [3.63, 3.8) is 0 Å². The summed E-state index contributed by atoms with van der Waals surface area (Å²) in [4.78, 5) is 37.8. The Kier molecular flexibility index (Phi) is 13.3. The molecule has 3 unspecified atom stereocenters. The van der Waals surface area contributed by atoms with Crippen molar-refractivity contribution in [2.45, 2.75) is 58.2 Å². The van der Waals surface area contributed by atoms with E-state index in [1.807, 2.05) is 13.0 Å². The molecule has 0 bridgehead atoms. The van der Waals surface area contributed by atoms with E-state index in [9.17, 15) is 19.5 Å². The predicted octanol–water partition coefficient (Wildman–Crippen LogP) is 0.953. The van der Waals surface area contributed by atoms with Gasteiger partial charge in [0.2, 0.25) is 11.8 Å². The summed E-state index contributed by atoms with van der Waals surface area (Å²) < 4.78 is 0. The van der Waals surface area contributed by atoms with Crippen molar-refractivity contribution in [2.75, 3.05) is 20.6 Å². The number of carbonyl (C=O) groups is 3. The molecule has 0 heterocycles. The lowest BCUT2D eigenvalue weighted by Crippen LogP contribution is -2.49. The molecular weight excluding hydrogens is 372 g/mol. The van der Waals surface area contributed by atoms with Gasteiger partial charge in [-0.1, -0.05) is 63.9 Å². The lowest BCUT2D eigenvalue weighted by Gasteiger charge is -2.22. The van der Waals surface area contributed by atoms with E-state index in [2.05, 4.69) is 24.5 Å². The Morgan fingerprint density at radius 2 is 1.66 bits per heavy atom. The highest BCUT2D eigenvalue weighted by Crippen LogP contribution is 2.14. The number of benzene rings is 1. The van der Waals surface area contributed by atoms with Crippen molar-refractivity contribution < 1.29 is 19.5 Å². The van der Waals surface area contributed by atoms with Gasteiger partial charge in [0.05, 0.1) is 6.54 Å². The van der Waals surface area contributed by atoms with Crippen molar-refractivity contribution in [1.82, 2.24) is 15.5 Å². The molecule has 1 aromatic rings. The molecule has 0 aliphatic heterocycles. The van der Waals surface area contributed by atoms with E-state index in [0.717, 1.165) is 6.42 Å². The van der Waals surface area contributed by atoms with Crippen LogP contribution in [0.5, 0.6) is 0 Å². The van der Waals surface area contributed by atoms with Gasteiger partial charge >= 0.3 is 0 Å². The number of nitrogens with two attached hydrogens (primary N) is 1. The van der Waals surface area contributed by atoms with E-state index in [-0.39, 0.29) is 12.5 Å². The van der Waals surface area contributed by atoms with Crippen LogP contribution in [0.15, 0.2) is 30.3 Å². The SMILES string of the molecule is CCC.CCCC(N)C(O)C(=O)NCC(=O)NC(C(=O)N(C)C)c1ccccc1. The third-order valence-corrected chi connectivity index (χ3v) is 3.85. The highest BCUT2D eigenvalue weighted by atomic mass is 16.3. The maximum atomic E-state index is 12.4. The number of aliphatic hydroxyl groups excluding tert-OH is 1. The first-order chi connectivity index (χ1) is 13.7. The first kappa shape index (κ1) is 26.6. The fourth-order valence-corrected chi connectivity index (χ4v) is 2.36. The summed E-state index contributed by atoms with van der Waals surface area (Å²) in [6.07, 6.45) is 1.10. The molecule has 1 aromatic carbocycles. The van der Waals surface area contributed by atoms with Crippen LogP contribution in [0.1, 0.15) is 51.6 Å². The van der Waals surface area contributed by atoms with Gasteiger partial charge in [-0.2, -0.15) is 0 Å². The van der Waals surface area contributed by atoms with Gasteiger partial charge in [-0.05, 0) is 12.0 Å². The fraction of sp³-hybridized carbons (Fsp3) is 0.571. The first-order valence-electron chi connectivity index (χ1n) is 9.96. The standard InChI is InChI=1S/C18H28N4O4.C3H8/c1-4-8-13(19)16(24)17(25)20-11-14(23)21-15(18(26)22(2)3)12-9-6-5-7-10-12;1-3-2/h5-7,9-10,13,15-16,24H,4,8,11,19H2,1-3H3,(H,20,25)(H,21,23);3H2,1-2H3. The van der Waals surface area contributed by atoms with Crippen LogP contribution in [0.3, 0.4) is 0 Å². The van der Waals surface area contributed by atoms with Gasteiger partial charge in [0, 0.05) is 20.1 Å². The summed E-state index contributed by atoms with van der Waals surface area (Å²) >= 11 is 0. The predicted molar refractivity (Wildman–Crippen MR) is 114 cm³/mol. The van der Waals surface area contributed by atoms with Gasteiger partial charge < -0.3 is 26.4 Å². The van der Waals surface area contributed by atoms with E-state index in [1.165, 1.54) is 11.3 Å². The molecule has 1 rings (SSSR count). The Bertz CT molecular complexity index is 622. The summed E-state index contributed by atoms with van der Waals surface area (Å²) in [7, 11) is 3.19. The molecule has 0 aromatic heterocycles. The molecule has 0 radical (unpaired) electrons. The molecule has 164 valence electrons. The van der Waals surface area contributed by atoms with Crippen LogP contribution in [0.25, 0.3) is 0 Å². The fourth-order valence-electron chi connectivity index (χ4n) is 2.36. The third-order valence-electron chi connectivity index (χ3n) is 3.85. The monoisotopic (exact) mass is 408 g/mol. The number of aliphatic hydroxyl groups is 1. The van der Waals surface area contributed by atoms with Gasteiger partial charge in [-0.15, -0.1) is 0 Å². The zero-order valence-corrected chi connectivity index (χ0v) is 18.1. The van der Waals surface area contributed by atoms with Crippen LogP contribution in [0.2, 0.25) is 0 Å². The van der Waals surface area contributed by atoms with Crippen LogP contribution in [-0.4, -0.2) is 60.5 Å². The minimum absolute atomic E-state index is 0.291. The van der Waals surface area contributed by atoms with E-state index >= 15 is 0 Å². The molecule has 5 N–H and O–H groups in total. The minimum atomic E-state index is -1.38. The maximum Gasteiger partial charge on any atom is 0.250 e. The van der Waals surface area contributed by atoms with E-state index < -0.39 is 30.0 Å². The number of rotatable bonds is 9. The van der Waals surface area contributed by atoms with Crippen molar-refractivity contribution in [1.29, 1.82) is 0 Å². The van der Waals surface area contributed by atoms with Crippen molar-refractivity contribution >= 4 is 17.7 Å². The minimum Gasteiger partial charge on any atom is -0.382 e. The second-order valence-electron chi connectivity index (χ2n) is 6.97. The Hall–Kier alpha value is -2.45. The summed E-state index contributed by atoms with van der Waals surface area (Å²) in [5.74, 6) is -1.55. The van der Waals surface area contributed by atoms with Gasteiger partial charge in [-0.3, -0.25) is 14.4 Å². The highest BCUT2D eigenvalue weighted by Gasteiger charge is 2.26. The van der Waals surface area contributed by atoms with Gasteiger partial charge in [-0.25, -0.2) is 0 Å². The number of amides is 3. The Morgan fingerprint density at radius 3 is 2.14 bits per heavy atom. The van der Waals surface area contributed by atoms with Crippen molar-refractivity contribution in [2.24, 2.45) is 5.73 Å².